The average molecular weight is 225 g/mol. The van der Waals surface area contributed by atoms with E-state index in [0.29, 0.717) is 0 Å². The van der Waals surface area contributed by atoms with E-state index in [2.05, 4.69) is 31.2 Å². The molecule has 1 aromatic heterocycles. The molecule has 2 nitrogen and oxygen atoms in total. The first kappa shape index (κ1) is 10.4. The summed E-state index contributed by atoms with van der Waals surface area (Å²) >= 11 is 0. The van der Waals surface area contributed by atoms with Gasteiger partial charge in [-0.2, -0.15) is 0 Å². The van der Waals surface area contributed by atoms with Crippen molar-refractivity contribution in [1.29, 1.82) is 0 Å². The molecule has 86 valence electrons. The molecule has 1 heterocycles. The minimum absolute atomic E-state index is 0.0684. The summed E-state index contributed by atoms with van der Waals surface area (Å²) in [4.78, 5) is 0. The molecule has 1 unspecified atom stereocenters. The Morgan fingerprint density at radius 1 is 1.06 bits per heavy atom. The normalized spacial score (nSPS) is 13.4. The van der Waals surface area contributed by atoms with Crippen molar-refractivity contribution in [3.05, 3.63) is 47.7 Å². The third-order valence-corrected chi connectivity index (χ3v) is 3.28. The van der Waals surface area contributed by atoms with Crippen LogP contribution >= 0.6 is 0 Å². The lowest BCUT2D eigenvalue weighted by atomic mass is 10.0. The highest BCUT2D eigenvalue weighted by molar-refractivity contribution is 6.05. The topological polar surface area (TPSA) is 39.2 Å². The van der Waals surface area contributed by atoms with Gasteiger partial charge in [-0.1, -0.05) is 36.4 Å². The van der Waals surface area contributed by atoms with E-state index in [-0.39, 0.29) is 6.04 Å². The number of rotatable bonds is 1. The molecule has 2 aromatic carbocycles. The molecule has 0 saturated carbocycles. The van der Waals surface area contributed by atoms with Gasteiger partial charge >= 0.3 is 0 Å². The SMILES string of the molecule is Cc1c(C(C)N)oc2c1ccc1ccccc12. The highest BCUT2D eigenvalue weighted by atomic mass is 16.3. The van der Waals surface area contributed by atoms with E-state index in [1.54, 1.807) is 0 Å². The minimum Gasteiger partial charge on any atom is -0.458 e. The van der Waals surface area contributed by atoms with E-state index in [1.165, 1.54) is 5.39 Å². The van der Waals surface area contributed by atoms with Gasteiger partial charge in [0, 0.05) is 10.8 Å². The van der Waals surface area contributed by atoms with Crippen LogP contribution in [0, 0.1) is 6.92 Å². The number of hydrogen-bond donors (Lipinski definition) is 1. The number of benzene rings is 2. The summed E-state index contributed by atoms with van der Waals surface area (Å²) in [5.41, 5.74) is 8.03. The van der Waals surface area contributed by atoms with Gasteiger partial charge in [0.25, 0.3) is 0 Å². The molecule has 3 aromatic rings. The molecule has 0 aliphatic heterocycles. The second-order valence-electron chi connectivity index (χ2n) is 4.54. The molecule has 0 radical (unpaired) electrons. The van der Waals surface area contributed by atoms with Crippen LogP contribution in [0.4, 0.5) is 0 Å². The van der Waals surface area contributed by atoms with E-state index in [0.717, 1.165) is 27.7 Å². The smallest absolute Gasteiger partial charge is 0.142 e. The van der Waals surface area contributed by atoms with Crippen molar-refractivity contribution in [2.24, 2.45) is 5.73 Å². The van der Waals surface area contributed by atoms with Crippen molar-refractivity contribution in [2.75, 3.05) is 0 Å². The molecule has 17 heavy (non-hydrogen) atoms. The number of furan rings is 1. The van der Waals surface area contributed by atoms with Gasteiger partial charge in [0.15, 0.2) is 0 Å². The molecule has 0 spiro atoms. The molecule has 2 N–H and O–H groups in total. The number of nitrogens with two attached hydrogens (primary N) is 1. The first-order chi connectivity index (χ1) is 8.18. The standard InChI is InChI=1S/C15H15NO/c1-9-12-8-7-11-5-3-4-6-13(11)15(12)17-14(9)10(2)16/h3-8,10H,16H2,1-2H3. The van der Waals surface area contributed by atoms with Crippen LogP contribution in [0.2, 0.25) is 0 Å². The molecule has 0 amide bonds. The van der Waals surface area contributed by atoms with E-state index in [4.69, 9.17) is 10.2 Å². The van der Waals surface area contributed by atoms with Crippen LogP contribution in [0.1, 0.15) is 24.3 Å². The maximum Gasteiger partial charge on any atom is 0.142 e. The summed E-state index contributed by atoms with van der Waals surface area (Å²) in [6.45, 7) is 4.02. The summed E-state index contributed by atoms with van der Waals surface area (Å²) in [5.74, 6) is 0.886. The summed E-state index contributed by atoms with van der Waals surface area (Å²) in [5, 5.41) is 3.51. The monoisotopic (exact) mass is 225 g/mol. The zero-order chi connectivity index (χ0) is 12.0. The molecular weight excluding hydrogens is 210 g/mol. The minimum atomic E-state index is -0.0684. The molecule has 0 aliphatic carbocycles. The maximum atomic E-state index is 5.95. The molecule has 2 heteroatoms. The van der Waals surface area contributed by atoms with Gasteiger partial charge in [-0.3, -0.25) is 0 Å². The van der Waals surface area contributed by atoms with Crippen molar-refractivity contribution < 1.29 is 4.42 Å². The van der Waals surface area contributed by atoms with Gasteiger partial charge in [-0.05, 0) is 24.8 Å². The van der Waals surface area contributed by atoms with Gasteiger partial charge in [0.05, 0.1) is 6.04 Å². The van der Waals surface area contributed by atoms with Crippen molar-refractivity contribution in [2.45, 2.75) is 19.9 Å². The fourth-order valence-corrected chi connectivity index (χ4v) is 2.40. The fourth-order valence-electron chi connectivity index (χ4n) is 2.40. The van der Waals surface area contributed by atoms with Crippen LogP contribution in [0.3, 0.4) is 0 Å². The van der Waals surface area contributed by atoms with Crippen molar-refractivity contribution >= 4 is 21.7 Å². The summed E-state index contributed by atoms with van der Waals surface area (Å²) in [6.07, 6.45) is 0. The van der Waals surface area contributed by atoms with Gasteiger partial charge in [0.1, 0.15) is 11.3 Å². The predicted octanol–water partition coefficient (Wildman–Crippen LogP) is 3.91. The summed E-state index contributed by atoms with van der Waals surface area (Å²) < 4.78 is 5.95. The zero-order valence-corrected chi connectivity index (χ0v) is 10.0. The van der Waals surface area contributed by atoms with Crippen LogP contribution in [0.5, 0.6) is 0 Å². The van der Waals surface area contributed by atoms with Crippen molar-refractivity contribution in [1.82, 2.24) is 0 Å². The molecule has 0 bridgehead atoms. The van der Waals surface area contributed by atoms with E-state index >= 15 is 0 Å². The lowest BCUT2D eigenvalue weighted by molar-refractivity contribution is 0.511. The summed E-state index contributed by atoms with van der Waals surface area (Å²) in [6, 6.07) is 12.4. The Kier molecular flexibility index (Phi) is 2.20. The molecule has 0 saturated heterocycles. The molecule has 1 atom stereocenters. The maximum absolute atomic E-state index is 5.95. The van der Waals surface area contributed by atoms with E-state index in [1.807, 2.05) is 19.1 Å². The third kappa shape index (κ3) is 1.45. The van der Waals surface area contributed by atoms with Crippen LogP contribution < -0.4 is 5.73 Å². The second kappa shape index (κ2) is 3.60. The Balaban J connectivity index is 2.47. The largest absolute Gasteiger partial charge is 0.458 e. The first-order valence-corrected chi connectivity index (χ1v) is 5.85. The van der Waals surface area contributed by atoms with E-state index in [9.17, 15) is 0 Å². The first-order valence-electron chi connectivity index (χ1n) is 5.85. The molecule has 0 aliphatic rings. The van der Waals surface area contributed by atoms with Crippen LogP contribution in [0.25, 0.3) is 21.7 Å². The Morgan fingerprint density at radius 3 is 2.59 bits per heavy atom. The van der Waals surface area contributed by atoms with Gasteiger partial charge in [-0.15, -0.1) is 0 Å². The Morgan fingerprint density at radius 2 is 1.82 bits per heavy atom. The van der Waals surface area contributed by atoms with Gasteiger partial charge in [0.2, 0.25) is 0 Å². The van der Waals surface area contributed by atoms with Crippen LogP contribution in [0.15, 0.2) is 40.8 Å². The molecule has 0 fully saturated rings. The van der Waals surface area contributed by atoms with Gasteiger partial charge in [-0.25, -0.2) is 0 Å². The third-order valence-electron chi connectivity index (χ3n) is 3.28. The Labute approximate surface area is 100 Å². The average Bonchev–Trinajstić information content (AvgIpc) is 2.67. The number of fused-ring (bicyclic) bond motifs is 3. The predicted molar refractivity (Wildman–Crippen MR) is 71.1 cm³/mol. The Hall–Kier alpha value is -1.80. The lowest BCUT2D eigenvalue weighted by Crippen LogP contribution is -2.04. The van der Waals surface area contributed by atoms with Crippen molar-refractivity contribution in [3.8, 4) is 0 Å². The number of hydrogen-bond acceptors (Lipinski definition) is 2. The van der Waals surface area contributed by atoms with Gasteiger partial charge < -0.3 is 10.2 Å². The van der Waals surface area contributed by atoms with Crippen molar-refractivity contribution in [3.63, 3.8) is 0 Å². The highest BCUT2D eigenvalue weighted by Crippen LogP contribution is 2.33. The molecule has 3 rings (SSSR count). The number of aryl methyl sites for hydroxylation is 1. The fraction of sp³-hybridized carbons (Fsp3) is 0.200. The quantitative estimate of drug-likeness (QED) is 0.681. The second-order valence-corrected chi connectivity index (χ2v) is 4.54. The highest BCUT2D eigenvalue weighted by Gasteiger charge is 2.15. The summed E-state index contributed by atoms with van der Waals surface area (Å²) in [7, 11) is 0. The molecular formula is C15H15NO. The zero-order valence-electron chi connectivity index (χ0n) is 10.0. The Bertz CT molecular complexity index is 695. The van der Waals surface area contributed by atoms with Crippen LogP contribution in [-0.4, -0.2) is 0 Å². The van der Waals surface area contributed by atoms with Crippen LogP contribution in [-0.2, 0) is 0 Å². The van der Waals surface area contributed by atoms with E-state index < -0.39 is 0 Å². The lowest BCUT2D eigenvalue weighted by Gasteiger charge is -2.00.